The highest BCUT2D eigenvalue weighted by Gasteiger charge is 2.29. The number of hydrogen-bond acceptors (Lipinski definition) is 5. The molecule has 0 radical (unpaired) electrons. The summed E-state index contributed by atoms with van der Waals surface area (Å²) >= 11 is 3.20. The summed E-state index contributed by atoms with van der Waals surface area (Å²) in [7, 11) is 0. The van der Waals surface area contributed by atoms with Crippen LogP contribution in [0.2, 0.25) is 0 Å². The molecular formula is C16H21N3OS2. The Labute approximate surface area is 139 Å². The van der Waals surface area contributed by atoms with E-state index >= 15 is 0 Å². The van der Waals surface area contributed by atoms with Gasteiger partial charge in [-0.05, 0) is 44.1 Å². The van der Waals surface area contributed by atoms with Gasteiger partial charge >= 0.3 is 0 Å². The second kappa shape index (κ2) is 6.96. The predicted octanol–water partition coefficient (Wildman–Crippen LogP) is 3.96. The maximum atomic E-state index is 12.8. The van der Waals surface area contributed by atoms with E-state index in [1.165, 1.54) is 6.42 Å². The van der Waals surface area contributed by atoms with Gasteiger partial charge in [-0.25, -0.2) is 9.97 Å². The quantitative estimate of drug-likeness (QED) is 0.627. The Balaban J connectivity index is 1.74. The second-order valence-corrected chi connectivity index (χ2v) is 7.91. The normalized spacial score (nSPS) is 20.3. The topological polar surface area (TPSA) is 46.1 Å². The molecule has 4 nitrogen and oxygen atoms in total. The van der Waals surface area contributed by atoms with Crippen LogP contribution in [0.15, 0.2) is 22.8 Å². The minimum absolute atomic E-state index is 0.104. The third-order valence-electron chi connectivity index (χ3n) is 4.23. The maximum absolute atomic E-state index is 12.8. The van der Waals surface area contributed by atoms with E-state index in [9.17, 15) is 4.79 Å². The van der Waals surface area contributed by atoms with Crippen molar-refractivity contribution >= 4 is 39.2 Å². The number of nitrogens with zero attached hydrogens (tertiary/aromatic N) is 3. The first-order valence-corrected chi connectivity index (χ1v) is 9.62. The van der Waals surface area contributed by atoms with Gasteiger partial charge in [0.25, 0.3) is 0 Å². The van der Waals surface area contributed by atoms with Gasteiger partial charge in [0.05, 0.1) is 15.5 Å². The molecule has 0 saturated carbocycles. The summed E-state index contributed by atoms with van der Waals surface area (Å²) in [5.74, 6) is 0.250. The fourth-order valence-electron chi connectivity index (χ4n) is 3.02. The SMILES string of the molecule is CCC1CCCCN1C(=O)C(C)Sc1ncnc2ccsc12. The van der Waals surface area contributed by atoms with Crippen LogP contribution in [0.4, 0.5) is 0 Å². The molecule has 2 aromatic rings. The van der Waals surface area contributed by atoms with Gasteiger partial charge in [-0.1, -0.05) is 18.7 Å². The molecule has 3 heterocycles. The van der Waals surface area contributed by atoms with E-state index < -0.39 is 0 Å². The number of amides is 1. The Morgan fingerprint density at radius 1 is 1.50 bits per heavy atom. The van der Waals surface area contributed by atoms with E-state index in [-0.39, 0.29) is 11.2 Å². The van der Waals surface area contributed by atoms with E-state index in [0.29, 0.717) is 6.04 Å². The van der Waals surface area contributed by atoms with Crippen LogP contribution in [0, 0.1) is 0 Å². The van der Waals surface area contributed by atoms with Crippen LogP contribution in [0.25, 0.3) is 10.2 Å². The van der Waals surface area contributed by atoms with Crippen LogP contribution in [0.3, 0.4) is 0 Å². The molecular weight excluding hydrogens is 314 g/mol. The molecule has 2 aromatic heterocycles. The second-order valence-electron chi connectivity index (χ2n) is 5.66. The minimum atomic E-state index is -0.104. The fourth-order valence-corrected chi connectivity index (χ4v) is 4.92. The van der Waals surface area contributed by atoms with Crippen LogP contribution >= 0.6 is 23.1 Å². The van der Waals surface area contributed by atoms with E-state index in [0.717, 1.165) is 41.0 Å². The molecule has 3 rings (SSSR count). The van der Waals surface area contributed by atoms with Crippen molar-refractivity contribution in [2.24, 2.45) is 0 Å². The highest BCUT2D eigenvalue weighted by atomic mass is 32.2. The Morgan fingerprint density at radius 3 is 3.18 bits per heavy atom. The van der Waals surface area contributed by atoms with Crippen molar-refractivity contribution in [2.45, 2.75) is 55.8 Å². The van der Waals surface area contributed by atoms with E-state index in [4.69, 9.17) is 0 Å². The van der Waals surface area contributed by atoms with Crippen molar-refractivity contribution < 1.29 is 4.79 Å². The van der Waals surface area contributed by atoms with Crippen molar-refractivity contribution in [1.82, 2.24) is 14.9 Å². The predicted molar refractivity (Wildman–Crippen MR) is 92.4 cm³/mol. The molecule has 2 unspecified atom stereocenters. The molecule has 1 saturated heterocycles. The smallest absolute Gasteiger partial charge is 0.236 e. The van der Waals surface area contributed by atoms with Crippen molar-refractivity contribution in [3.8, 4) is 0 Å². The monoisotopic (exact) mass is 335 g/mol. The zero-order valence-electron chi connectivity index (χ0n) is 13.0. The first kappa shape index (κ1) is 15.7. The van der Waals surface area contributed by atoms with E-state index in [2.05, 4.69) is 21.8 Å². The number of hydrogen-bond donors (Lipinski definition) is 0. The van der Waals surface area contributed by atoms with Gasteiger partial charge in [-0.2, -0.15) is 0 Å². The highest BCUT2D eigenvalue weighted by molar-refractivity contribution is 8.00. The summed E-state index contributed by atoms with van der Waals surface area (Å²) in [5, 5.41) is 2.84. The lowest BCUT2D eigenvalue weighted by Crippen LogP contribution is -2.46. The van der Waals surface area contributed by atoms with Crippen LogP contribution in [-0.4, -0.2) is 38.6 Å². The molecule has 0 bridgehead atoms. The molecule has 1 aliphatic heterocycles. The number of thioether (sulfide) groups is 1. The Bertz CT molecular complexity index is 658. The number of fused-ring (bicyclic) bond motifs is 1. The summed E-state index contributed by atoms with van der Waals surface area (Å²) in [6.07, 6.45) is 6.15. The summed E-state index contributed by atoms with van der Waals surface area (Å²) in [5.41, 5.74) is 0.964. The van der Waals surface area contributed by atoms with Gasteiger partial charge in [-0.15, -0.1) is 11.3 Å². The molecule has 1 amide bonds. The van der Waals surface area contributed by atoms with Gasteiger partial charge < -0.3 is 4.90 Å². The molecule has 0 spiro atoms. The standard InChI is InChI=1S/C16H21N3OS2/c1-3-12-6-4-5-8-19(12)16(20)11(2)22-15-14-13(7-9-21-14)17-10-18-15/h7,9-12H,3-6,8H2,1-2H3. The Morgan fingerprint density at radius 2 is 2.36 bits per heavy atom. The number of carbonyl (C=O) groups excluding carboxylic acids is 1. The first-order valence-electron chi connectivity index (χ1n) is 7.86. The third kappa shape index (κ3) is 3.13. The number of rotatable bonds is 4. The lowest BCUT2D eigenvalue weighted by Gasteiger charge is -2.36. The number of likely N-dealkylation sites (tertiary alicyclic amines) is 1. The largest absolute Gasteiger partial charge is 0.339 e. The third-order valence-corrected chi connectivity index (χ3v) is 6.36. The fraction of sp³-hybridized carbons (Fsp3) is 0.562. The number of aromatic nitrogens is 2. The zero-order valence-corrected chi connectivity index (χ0v) is 14.6. The molecule has 0 aliphatic carbocycles. The van der Waals surface area contributed by atoms with Gasteiger partial charge in [0.2, 0.25) is 5.91 Å². The molecule has 22 heavy (non-hydrogen) atoms. The Kier molecular flexibility index (Phi) is 4.98. The van der Waals surface area contributed by atoms with Crippen molar-refractivity contribution in [3.05, 3.63) is 17.8 Å². The van der Waals surface area contributed by atoms with Gasteiger partial charge in [0.1, 0.15) is 11.4 Å². The molecule has 6 heteroatoms. The average Bonchev–Trinajstić information content (AvgIpc) is 3.03. The summed E-state index contributed by atoms with van der Waals surface area (Å²) in [6.45, 7) is 5.07. The first-order chi connectivity index (χ1) is 10.7. The van der Waals surface area contributed by atoms with E-state index in [1.54, 1.807) is 29.4 Å². The average molecular weight is 335 g/mol. The highest BCUT2D eigenvalue weighted by Crippen LogP contribution is 2.32. The van der Waals surface area contributed by atoms with E-state index in [1.807, 2.05) is 18.4 Å². The lowest BCUT2D eigenvalue weighted by molar-refractivity contribution is -0.134. The van der Waals surface area contributed by atoms with Gasteiger partial charge in [0.15, 0.2) is 0 Å². The number of thiophene rings is 1. The van der Waals surface area contributed by atoms with Crippen LogP contribution in [0.5, 0.6) is 0 Å². The minimum Gasteiger partial charge on any atom is -0.339 e. The van der Waals surface area contributed by atoms with Crippen molar-refractivity contribution in [2.75, 3.05) is 6.54 Å². The molecule has 0 aromatic carbocycles. The molecule has 118 valence electrons. The van der Waals surface area contributed by atoms with Crippen LogP contribution in [0.1, 0.15) is 39.5 Å². The maximum Gasteiger partial charge on any atom is 0.236 e. The molecule has 0 N–H and O–H groups in total. The van der Waals surface area contributed by atoms with Crippen molar-refractivity contribution in [1.29, 1.82) is 0 Å². The lowest BCUT2D eigenvalue weighted by atomic mass is 10.00. The zero-order chi connectivity index (χ0) is 15.5. The molecule has 1 fully saturated rings. The number of piperidine rings is 1. The van der Waals surface area contributed by atoms with Crippen LogP contribution in [-0.2, 0) is 4.79 Å². The van der Waals surface area contributed by atoms with Gasteiger partial charge in [0, 0.05) is 12.6 Å². The number of carbonyl (C=O) groups is 1. The van der Waals surface area contributed by atoms with Crippen molar-refractivity contribution in [3.63, 3.8) is 0 Å². The summed E-state index contributed by atoms with van der Waals surface area (Å²) < 4.78 is 1.08. The molecule has 1 aliphatic rings. The van der Waals surface area contributed by atoms with Crippen LogP contribution < -0.4 is 0 Å². The molecule has 2 atom stereocenters. The summed E-state index contributed by atoms with van der Waals surface area (Å²) in [4.78, 5) is 23.5. The van der Waals surface area contributed by atoms with Gasteiger partial charge in [-0.3, -0.25) is 4.79 Å². The Hall–Kier alpha value is -1.14. The summed E-state index contributed by atoms with van der Waals surface area (Å²) in [6, 6.07) is 2.41.